The fraction of sp³-hybridized carbons (Fsp3) is 0.900. The lowest BCUT2D eigenvalue weighted by Gasteiger charge is -2.05. The van der Waals surface area contributed by atoms with Crippen LogP contribution >= 0.6 is 0 Å². The molecule has 11 heavy (non-hydrogen) atoms. The molecule has 3 atom stereocenters. The van der Waals surface area contributed by atoms with Gasteiger partial charge in [-0.05, 0) is 17.8 Å². The van der Waals surface area contributed by atoms with Crippen LogP contribution in [0.5, 0.6) is 0 Å². The molecule has 0 N–H and O–H groups in total. The summed E-state index contributed by atoms with van der Waals surface area (Å²) in [6.07, 6.45) is 6.76. The van der Waals surface area contributed by atoms with Crippen molar-refractivity contribution in [1.29, 1.82) is 0 Å². The first-order chi connectivity index (χ1) is 5.34. The third kappa shape index (κ3) is 1.11. The molecule has 0 radical (unpaired) electrons. The van der Waals surface area contributed by atoms with Gasteiger partial charge in [-0.2, -0.15) is 0 Å². The van der Waals surface area contributed by atoms with Crippen molar-refractivity contribution in [3.8, 4) is 0 Å². The molecule has 2 aliphatic rings. The Bertz CT molecular complexity index is 158. The van der Waals surface area contributed by atoms with Gasteiger partial charge in [0, 0.05) is 5.92 Å². The summed E-state index contributed by atoms with van der Waals surface area (Å²) in [4.78, 5) is 10.5. The molecular formula is C10H16O. The minimum Gasteiger partial charge on any atom is -0.303 e. The van der Waals surface area contributed by atoms with E-state index >= 15 is 0 Å². The summed E-state index contributed by atoms with van der Waals surface area (Å²) in [5, 5.41) is 0. The van der Waals surface area contributed by atoms with Gasteiger partial charge in [0.2, 0.25) is 0 Å². The highest BCUT2D eigenvalue weighted by atomic mass is 16.1. The highest BCUT2D eigenvalue weighted by Gasteiger charge is 2.50. The van der Waals surface area contributed by atoms with Crippen LogP contribution in [0.15, 0.2) is 0 Å². The van der Waals surface area contributed by atoms with Gasteiger partial charge in [0.15, 0.2) is 0 Å². The topological polar surface area (TPSA) is 17.1 Å². The zero-order valence-corrected chi connectivity index (χ0v) is 7.12. The maximum absolute atomic E-state index is 10.5. The maximum Gasteiger partial charge on any atom is 0.123 e. The lowest BCUT2D eigenvalue weighted by Crippen LogP contribution is -1.98. The molecular weight excluding hydrogens is 136 g/mol. The van der Waals surface area contributed by atoms with Crippen LogP contribution in [0.3, 0.4) is 0 Å². The van der Waals surface area contributed by atoms with Gasteiger partial charge in [-0.15, -0.1) is 0 Å². The van der Waals surface area contributed by atoms with Gasteiger partial charge < -0.3 is 4.79 Å². The third-order valence-electron chi connectivity index (χ3n) is 3.62. The van der Waals surface area contributed by atoms with E-state index in [4.69, 9.17) is 0 Å². The van der Waals surface area contributed by atoms with Gasteiger partial charge in [0.1, 0.15) is 6.29 Å². The average molecular weight is 152 g/mol. The summed E-state index contributed by atoms with van der Waals surface area (Å²) in [6.45, 7) is 2.22. The van der Waals surface area contributed by atoms with Gasteiger partial charge in [0.25, 0.3) is 0 Å². The minimum atomic E-state index is 0.429. The maximum atomic E-state index is 10.5. The van der Waals surface area contributed by atoms with Crippen molar-refractivity contribution in [1.82, 2.24) is 0 Å². The van der Waals surface area contributed by atoms with E-state index in [1.54, 1.807) is 0 Å². The van der Waals surface area contributed by atoms with Crippen molar-refractivity contribution in [2.24, 2.45) is 23.7 Å². The molecule has 2 aliphatic carbocycles. The summed E-state index contributed by atoms with van der Waals surface area (Å²) >= 11 is 0. The molecule has 2 fully saturated rings. The summed E-state index contributed by atoms with van der Waals surface area (Å²) in [5.74, 6) is 2.81. The van der Waals surface area contributed by atoms with E-state index < -0.39 is 0 Å². The van der Waals surface area contributed by atoms with Crippen LogP contribution in [-0.2, 0) is 4.79 Å². The molecule has 3 unspecified atom stereocenters. The summed E-state index contributed by atoms with van der Waals surface area (Å²) < 4.78 is 0. The van der Waals surface area contributed by atoms with Crippen molar-refractivity contribution in [2.75, 3.05) is 0 Å². The molecule has 0 heterocycles. The molecule has 1 nitrogen and oxygen atoms in total. The van der Waals surface area contributed by atoms with E-state index in [0.717, 1.165) is 11.8 Å². The van der Waals surface area contributed by atoms with Crippen LogP contribution in [-0.4, -0.2) is 6.29 Å². The second-order valence-electron chi connectivity index (χ2n) is 4.19. The van der Waals surface area contributed by atoms with Gasteiger partial charge in [0.05, 0.1) is 0 Å². The standard InChI is InChI=1S/C10H16O/c1-7-9(6-11)10(7)8-4-2-3-5-8/h6-10H,2-5H2,1H3. The lowest BCUT2D eigenvalue weighted by molar-refractivity contribution is -0.109. The fourth-order valence-electron chi connectivity index (χ4n) is 2.83. The molecule has 62 valence electrons. The molecule has 0 spiro atoms. The lowest BCUT2D eigenvalue weighted by atomic mass is 10.00. The zero-order chi connectivity index (χ0) is 7.84. The molecule has 0 aromatic rings. The second kappa shape index (κ2) is 2.62. The Morgan fingerprint density at radius 2 is 1.91 bits per heavy atom. The summed E-state index contributed by atoms with van der Waals surface area (Å²) in [7, 11) is 0. The molecule has 2 saturated carbocycles. The molecule has 1 heteroatoms. The quantitative estimate of drug-likeness (QED) is 0.555. The third-order valence-corrected chi connectivity index (χ3v) is 3.62. The molecule has 0 amide bonds. The number of hydrogen-bond donors (Lipinski definition) is 0. The first-order valence-electron chi connectivity index (χ1n) is 4.80. The Morgan fingerprint density at radius 1 is 1.27 bits per heavy atom. The molecule has 0 aromatic carbocycles. The van der Waals surface area contributed by atoms with Crippen molar-refractivity contribution in [2.45, 2.75) is 32.6 Å². The summed E-state index contributed by atoms with van der Waals surface area (Å²) in [5.41, 5.74) is 0. The number of aldehydes is 1. The fourth-order valence-corrected chi connectivity index (χ4v) is 2.83. The minimum absolute atomic E-state index is 0.429. The predicted octanol–water partition coefficient (Wildman–Crippen LogP) is 2.26. The number of carbonyl (C=O) groups excluding carboxylic acids is 1. The van der Waals surface area contributed by atoms with Crippen molar-refractivity contribution < 1.29 is 4.79 Å². The highest BCUT2D eigenvalue weighted by Crippen LogP contribution is 2.53. The predicted molar refractivity (Wildman–Crippen MR) is 44.2 cm³/mol. The SMILES string of the molecule is CC1C(C=O)C1C1CCCC1. The number of rotatable bonds is 2. The van der Waals surface area contributed by atoms with Crippen LogP contribution in [0.4, 0.5) is 0 Å². The van der Waals surface area contributed by atoms with E-state index in [2.05, 4.69) is 6.92 Å². The molecule has 0 aromatic heterocycles. The van der Waals surface area contributed by atoms with Crippen LogP contribution in [0.2, 0.25) is 0 Å². The number of hydrogen-bond acceptors (Lipinski definition) is 1. The summed E-state index contributed by atoms with van der Waals surface area (Å²) in [6, 6.07) is 0. The average Bonchev–Trinajstić information content (AvgIpc) is 2.53. The van der Waals surface area contributed by atoms with Crippen molar-refractivity contribution in [3.05, 3.63) is 0 Å². The van der Waals surface area contributed by atoms with E-state index in [1.807, 2.05) is 0 Å². The van der Waals surface area contributed by atoms with Crippen LogP contribution in [0.1, 0.15) is 32.6 Å². The molecule has 2 rings (SSSR count). The van der Waals surface area contributed by atoms with E-state index in [-0.39, 0.29) is 0 Å². The number of carbonyl (C=O) groups is 1. The van der Waals surface area contributed by atoms with Gasteiger partial charge in [-0.25, -0.2) is 0 Å². The van der Waals surface area contributed by atoms with E-state index in [9.17, 15) is 4.79 Å². The molecule has 0 saturated heterocycles. The first kappa shape index (κ1) is 7.33. The van der Waals surface area contributed by atoms with Crippen LogP contribution < -0.4 is 0 Å². The van der Waals surface area contributed by atoms with Crippen molar-refractivity contribution >= 4 is 6.29 Å². The molecule has 0 bridgehead atoms. The Morgan fingerprint density at radius 3 is 2.36 bits per heavy atom. The second-order valence-corrected chi connectivity index (χ2v) is 4.19. The largest absolute Gasteiger partial charge is 0.303 e. The van der Waals surface area contributed by atoms with Gasteiger partial charge in [-0.1, -0.05) is 32.6 Å². The zero-order valence-electron chi connectivity index (χ0n) is 7.12. The van der Waals surface area contributed by atoms with E-state index in [0.29, 0.717) is 11.8 Å². The first-order valence-corrected chi connectivity index (χ1v) is 4.80. The monoisotopic (exact) mass is 152 g/mol. The Kier molecular flexibility index (Phi) is 1.74. The van der Waals surface area contributed by atoms with Crippen molar-refractivity contribution in [3.63, 3.8) is 0 Å². The normalized spacial score (nSPS) is 44.3. The van der Waals surface area contributed by atoms with Gasteiger partial charge in [-0.3, -0.25) is 0 Å². The Labute approximate surface area is 68.2 Å². The van der Waals surface area contributed by atoms with E-state index in [1.165, 1.54) is 32.0 Å². The smallest absolute Gasteiger partial charge is 0.123 e. The Balaban J connectivity index is 1.92. The Hall–Kier alpha value is -0.330. The van der Waals surface area contributed by atoms with Crippen LogP contribution in [0.25, 0.3) is 0 Å². The molecule has 0 aliphatic heterocycles. The van der Waals surface area contributed by atoms with Gasteiger partial charge >= 0.3 is 0 Å². The highest BCUT2D eigenvalue weighted by molar-refractivity contribution is 5.59. The van der Waals surface area contributed by atoms with Crippen LogP contribution in [0, 0.1) is 23.7 Å².